The molecule has 1 amide bonds. The van der Waals surface area contributed by atoms with Gasteiger partial charge in [-0.3, -0.25) is 14.7 Å². The van der Waals surface area contributed by atoms with Crippen molar-refractivity contribution in [2.75, 3.05) is 37.6 Å². The minimum absolute atomic E-state index is 0.0401. The first-order valence-electron chi connectivity index (χ1n) is 7.71. The van der Waals surface area contributed by atoms with Crippen LogP contribution in [0.4, 0.5) is 5.95 Å². The third-order valence-corrected chi connectivity index (χ3v) is 3.79. The van der Waals surface area contributed by atoms with Crippen molar-refractivity contribution in [3.05, 3.63) is 48.5 Å². The monoisotopic (exact) mass is 312 g/mol. The number of hydrogen-bond acceptors (Lipinski definition) is 6. The maximum absolute atomic E-state index is 12.0. The lowest BCUT2D eigenvalue weighted by Crippen LogP contribution is -2.49. The van der Waals surface area contributed by atoms with E-state index in [1.165, 1.54) is 0 Å². The Kier molecular flexibility index (Phi) is 5.10. The van der Waals surface area contributed by atoms with E-state index in [-0.39, 0.29) is 5.91 Å². The smallest absolute Gasteiger partial charge is 0.234 e. The Morgan fingerprint density at radius 3 is 2.57 bits per heavy atom. The molecule has 2 aromatic rings. The molecule has 1 saturated heterocycles. The molecule has 23 heavy (non-hydrogen) atoms. The summed E-state index contributed by atoms with van der Waals surface area (Å²) in [7, 11) is 0. The summed E-state index contributed by atoms with van der Waals surface area (Å²) in [5, 5.41) is 2.93. The van der Waals surface area contributed by atoms with Crippen molar-refractivity contribution in [3.8, 4) is 0 Å². The summed E-state index contributed by atoms with van der Waals surface area (Å²) in [6.45, 7) is 4.27. The van der Waals surface area contributed by atoms with Gasteiger partial charge in [-0.2, -0.15) is 0 Å². The third-order valence-electron chi connectivity index (χ3n) is 3.79. The van der Waals surface area contributed by atoms with E-state index in [1.54, 1.807) is 24.8 Å². The van der Waals surface area contributed by atoms with Crippen LogP contribution < -0.4 is 10.2 Å². The van der Waals surface area contributed by atoms with Crippen LogP contribution in [-0.2, 0) is 11.3 Å². The molecular weight excluding hydrogens is 292 g/mol. The number of amides is 1. The lowest BCUT2D eigenvalue weighted by Gasteiger charge is -2.34. The number of carbonyl (C=O) groups excluding carboxylic acids is 1. The molecule has 7 nitrogen and oxygen atoms in total. The highest BCUT2D eigenvalue weighted by Crippen LogP contribution is 2.09. The second kappa shape index (κ2) is 7.64. The molecule has 1 aliphatic rings. The minimum Gasteiger partial charge on any atom is -0.351 e. The van der Waals surface area contributed by atoms with Gasteiger partial charge in [-0.05, 0) is 17.7 Å². The van der Waals surface area contributed by atoms with Gasteiger partial charge < -0.3 is 10.2 Å². The zero-order chi connectivity index (χ0) is 15.9. The van der Waals surface area contributed by atoms with Crippen molar-refractivity contribution in [3.63, 3.8) is 0 Å². The van der Waals surface area contributed by atoms with E-state index in [9.17, 15) is 4.79 Å². The first kappa shape index (κ1) is 15.4. The predicted octanol–water partition coefficient (Wildman–Crippen LogP) is 0.310. The summed E-state index contributed by atoms with van der Waals surface area (Å²) in [5.74, 6) is 0.798. The highest BCUT2D eigenvalue weighted by atomic mass is 16.2. The third kappa shape index (κ3) is 4.46. The second-order valence-corrected chi connectivity index (χ2v) is 5.45. The van der Waals surface area contributed by atoms with Crippen molar-refractivity contribution in [2.24, 2.45) is 0 Å². The van der Waals surface area contributed by atoms with Gasteiger partial charge in [0.05, 0.1) is 6.54 Å². The molecule has 0 radical (unpaired) electrons. The van der Waals surface area contributed by atoms with Gasteiger partial charge in [-0.1, -0.05) is 6.07 Å². The van der Waals surface area contributed by atoms with E-state index in [4.69, 9.17) is 0 Å². The standard InChI is InChI=1S/C16H20N6O/c23-15(20-12-14-3-1-4-17-11-14)13-21-7-9-22(10-8-21)16-18-5-2-6-19-16/h1-6,11H,7-10,12-13H2,(H,20,23). The number of rotatable bonds is 5. The lowest BCUT2D eigenvalue weighted by molar-refractivity contribution is -0.122. The fourth-order valence-corrected chi connectivity index (χ4v) is 2.52. The van der Waals surface area contributed by atoms with Crippen molar-refractivity contribution in [1.82, 2.24) is 25.2 Å². The molecule has 3 rings (SSSR count). The zero-order valence-corrected chi connectivity index (χ0v) is 12.9. The Bertz CT molecular complexity index is 613. The minimum atomic E-state index is 0.0401. The quantitative estimate of drug-likeness (QED) is 0.856. The highest BCUT2D eigenvalue weighted by molar-refractivity contribution is 5.78. The van der Waals surface area contributed by atoms with Crippen LogP contribution in [-0.4, -0.2) is 58.5 Å². The van der Waals surface area contributed by atoms with Crippen LogP contribution in [0.15, 0.2) is 43.0 Å². The van der Waals surface area contributed by atoms with E-state index in [1.807, 2.05) is 18.2 Å². The molecule has 0 aromatic carbocycles. The maximum Gasteiger partial charge on any atom is 0.234 e. The summed E-state index contributed by atoms with van der Waals surface area (Å²) < 4.78 is 0. The van der Waals surface area contributed by atoms with E-state index < -0.39 is 0 Å². The summed E-state index contributed by atoms with van der Waals surface area (Å²) in [4.78, 5) is 28.9. The molecular formula is C16H20N6O. The van der Waals surface area contributed by atoms with Crippen LogP contribution in [0.25, 0.3) is 0 Å². The predicted molar refractivity (Wildman–Crippen MR) is 86.8 cm³/mol. The number of hydrogen-bond donors (Lipinski definition) is 1. The molecule has 0 bridgehead atoms. The molecule has 3 heterocycles. The molecule has 1 fully saturated rings. The molecule has 0 unspecified atom stereocenters. The Labute approximate surface area is 135 Å². The van der Waals surface area contributed by atoms with Gasteiger partial charge in [0, 0.05) is 57.5 Å². The largest absolute Gasteiger partial charge is 0.351 e. The summed E-state index contributed by atoms with van der Waals surface area (Å²) >= 11 is 0. The summed E-state index contributed by atoms with van der Waals surface area (Å²) in [5.41, 5.74) is 1.01. The molecule has 0 saturated carbocycles. The van der Waals surface area contributed by atoms with Gasteiger partial charge in [0.15, 0.2) is 0 Å². The molecule has 1 aliphatic heterocycles. The van der Waals surface area contributed by atoms with Crippen LogP contribution >= 0.6 is 0 Å². The number of nitrogens with zero attached hydrogens (tertiary/aromatic N) is 5. The van der Waals surface area contributed by atoms with Gasteiger partial charge in [0.2, 0.25) is 11.9 Å². The number of anilines is 1. The molecule has 2 aromatic heterocycles. The van der Waals surface area contributed by atoms with Gasteiger partial charge in [0.25, 0.3) is 0 Å². The maximum atomic E-state index is 12.0. The van der Waals surface area contributed by atoms with E-state index >= 15 is 0 Å². The van der Waals surface area contributed by atoms with Gasteiger partial charge in [-0.15, -0.1) is 0 Å². The van der Waals surface area contributed by atoms with E-state index in [0.717, 1.165) is 37.7 Å². The zero-order valence-electron chi connectivity index (χ0n) is 12.9. The second-order valence-electron chi connectivity index (χ2n) is 5.45. The lowest BCUT2D eigenvalue weighted by atomic mass is 10.3. The van der Waals surface area contributed by atoms with Crippen LogP contribution in [0, 0.1) is 0 Å². The SMILES string of the molecule is O=C(CN1CCN(c2ncccn2)CC1)NCc1cccnc1. The first-order valence-corrected chi connectivity index (χ1v) is 7.71. The fraction of sp³-hybridized carbons (Fsp3) is 0.375. The highest BCUT2D eigenvalue weighted by Gasteiger charge is 2.20. The summed E-state index contributed by atoms with van der Waals surface area (Å²) in [6, 6.07) is 5.63. The Hall–Kier alpha value is -2.54. The van der Waals surface area contributed by atoms with Crippen molar-refractivity contribution >= 4 is 11.9 Å². The van der Waals surface area contributed by atoms with Crippen LogP contribution in [0.2, 0.25) is 0 Å². The molecule has 120 valence electrons. The Morgan fingerprint density at radius 2 is 1.87 bits per heavy atom. The average molecular weight is 312 g/mol. The van der Waals surface area contributed by atoms with Crippen LogP contribution in [0.1, 0.15) is 5.56 Å². The van der Waals surface area contributed by atoms with E-state index in [0.29, 0.717) is 13.1 Å². The number of aromatic nitrogens is 3. The van der Waals surface area contributed by atoms with Crippen LogP contribution in [0.5, 0.6) is 0 Å². The number of piperazine rings is 1. The average Bonchev–Trinajstić information content (AvgIpc) is 2.62. The van der Waals surface area contributed by atoms with E-state index in [2.05, 4.69) is 30.1 Å². The van der Waals surface area contributed by atoms with Gasteiger partial charge >= 0.3 is 0 Å². The molecule has 0 aliphatic carbocycles. The van der Waals surface area contributed by atoms with Crippen molar-refractivity contribution in [1.29, 1.82) is 0 Å². The number of nitrogens with one attached hydrogen (secondary N) is 1. The van der Waals surface area contributed by atoms with Crippen LogP contribution in [0.3, 0.4) is 0 Å². The molecule has 7 heteroatoms. The molecule has 0 spiro atoms. The topological polar surface area (TPSA) is 74.2 Å². The van der Waals surface area contributed by atoms with Gasteiger partial charge in [0.1, 0.15) is 0 Å². The Balaban J connectivity index is 1.41. The first-order chi connectivity index (χ1) is 11.3. The van der Waals surface area contributed by atoms with Crippen molar-refractivity contribution < 1.29 is 4.79 Å². The summed E-state index contributed by atoms with van der Waals surface area (Å²) in [6.07, 6.45) is 6.99. The fourth-order valence-electron chi connectivity index (χ4n) is 2.52. The number of pyridine rings is 1. The normalized spacial score (nSPS) is 15.4. The Morgan fingerprint density at radius 1 is 1.09 bits per heavy atom. The van der Waals surface area contributed by atoms with Gasteiger partial charge in [-0.25, -0.2) is 9.97 Å². The van der Waals surface area contributed by atoms with Crippen molar-refractivity contribution in [2.45, 2.75) is 6.54 Å². The number of carbonyl (C=O) groups is 1. The molecule has 1 N–H and O–H groups in total. The molecule has 0 atom stereocenters.